The number of amides is 1. The minimum Gasteiger partial charge on any atom is -0.477 e. The summed E-state index contributed by atoms with van der Waals surface area (Å²) < 4.78 is 0. The number of carbonyl (C=O) groups excluding carboxylic acids is 1. The molecule has 2 heterocycles. The van der Waals surface area contributed by atoms with E-state index in [2.05, 4.69) is 6.07 Å². The highest BCUT2D eigenvalue weighted by molar-refractivity contribution is 6.07. The van der Waals surface area contributed by atoms with Crippen LogP contribution in [0.2, 0.25) is 0 Å². The van der Waals surface area contributed by atoms with Crippen LogP contribution in [0.3, 0.4) is 0 Å². The summed E-state index contributed by atoms with van der Waals surface area (Å²) in [5.41, 5.74) is 1.57. The van der Waals surface area contributed by atoms with Crippen LogP contribution in [0, 0.1) is 17.2 Å². The Bertz CT molecular complexity index is 1030. The third-order valence-electron chi connectivity index (χ3n) is 5.26. The normalized spacial score (nSPS) is 22.8. The predicted molar refractivity (Wildman–Crippen MR) is 93.6 cm³/mol. The van der Waals surface area contributed by atoms with Gasteiger partial charge in [-0.1, -0.05) is 24.3 Å². The Labute approximate surface area is 149 Å². The number of aliphatic hydroxyl groups excluding tert-OH is 1. The minimum atomic E-state index is -1.17. The first-order chi connectivity index (χ1) is 12.4. The van der Waals surface area contributed by atoms with Crippen molar-refractivity contribution in [2.45, 2.75) is 25.5 Å². The van der Waals surface area contributed by atoms with Gasteiger partial charge in [0.25, 0.3) is 0 Å². The Morgan fingerprint density at radius 1 is 1.35 bits per heavy atom. The van der Waals surface area contributed by atoms with Gasteiger partial charge in [-0.2, -0.15) is 5.26 Å². The van der Waals surface area contributed by atoms with Crippen molar-refractivity contribution in [3.8, 4) is 6.07 Å². The number of rotatable bonds is 3. The fraction of sp³-hybridized carbons (Fsp3) is 0.250. The van der Waals surface area contributed by atoms with Crippen molar-refractivity contribution >= 4 is 28.2 Å². The zero-order valence-corrected chi connectivity index (χ0v) is 14.0. The molecule has 130 valence electrons. The molecule has 1 saturated heterocycles. The van der Waals surface area contributed by atoms with Crippen LogP contribution in [-0.2, 0) is 9.59 Å². The van der Waals surface area contributed by atoms with E-state index in [4.69, 9.17) is 0 Å². The number of nitriles is 1. The van der Waals surface area contributed by atoms with Crippen LogP contribution in [0.4, 0.5) is 0 Å². The standard InChI is InChI=1S/C20H16N2O4/c1-10(23)17-16-8-15(18(20(25)26)22(16)19(17)24)12-6-11-4-2-3-5-14(11)13(7-12)9-21/h2-7,10,16-17,23H,8H2,1H3,(H,25,26)/t10-,16-,17-/m1/s1. The lowest BCUT2D eigenvalue weighted by Gasteiger charge is -2.44. The van der Waals surface area contributed by atoms with Crippen LogP contribution < -0.4 is 0 Å². The van der Waals surface area contributed by atoms with Crippen molar-refractivity contribution in [3.63, 3.8) is 0 Å². The molecule has 2 aliphatic heterocycles. The van der Waals surface area contributed by atoms with Gasteiger partial charge in [-0.05, 0) is 47.4 Å². The predicted octanol–water partition coefficient (Wildman–Crippen LogP) is 2.12. The molecule has 0 saturated carbocycles. The molecule has 0 radical (unpaired) electrons. The highest BCUT2D eigenvalue weighted by Crippen LogP contribution is 2.47. The number of hydrogen-bond donors (Lipinski definition) is 2. The number of aliphatic hydroxyl groups is 1. The van der Waals surface area contributed by atoms with Gasteiger partial charge in [0, 0.05) is 0 Å². The lowest BCUT2D eigenvalue weighted by atomic mass is 9.82. The number of carboxylic acids is 1. The van der Waals surface area contributed by atoms with Crippen molar-refractivity contribution in [2.75, 3.05) is 0 Å². The van der Waals surface area contributed by atoms with E-state index in [0.29, 0.717) is 23.1 Å². The van der Waals surface area contributed by atoms with Crippen molar-refractivity contribution in [1.82, 2.24) is 4.90 Å². The summed E-state index contributed by atoms with van der Waals surface area (Å²) in [6.07, 6.45) is -0.476. The fourth-order valence-corrected chi connectivity index (χ4v) is 4.10. The molecule has 3 atom stereocenters. The lowest BCUT2D eigenvalue weighted by molar-refractivity contribution is -0.161. The quantitative estimate of drug-likeness (QED) is 0.827. The Morgan fingerprint density at radius 2 is 2.08 bits per heavy atom. The number of carbonyl (C=O) groups is 2. The molecule has 1 amide bonds. The number of β-lactam (4-membered cyclic amide) rings is 1. The molecule has 6 nitrogen and oxygen atoms in total. The molecule has 4 rings (SSSR count). The Morgan fingerprint density at radius 3 is 2.73 bits per heavy atom. The van der Waals surface area contributed by atoms with Crippen LogP contribution in [0.25, 0.3) is 16.3 Å². The van der Waals surface area contributed by atoms with Crippen LogP contribution in [-0.4, -0.2) is 39.1 Å². The van der Waals surface area contributed by atoms with E-state index in [1.54, 1.807) is 13.0 Å². The average Bonchev–Trinajstić information content (AvgIpc) is 2.95. The molecule has 0 aliphatic carbocycles. The summed E-state index contributed by atoms with van der Waals surface area (Å²) in [5, 5.41) is 30.6. The van der Waals surface area contributed by atoms with Gasteiger partial charge in [-0.15, -0.1) is 0 Å². The maximum Gasteiger partial charge on any atom is 0.352 e. The SMILES string of the molecule is C[C@@H](O)[C@H]1C(=O)N2C(C(=O)O)=C(c3cc(C#N)c4ccccc4c3)C[C@H]12. The second-order valence-electron chi connectivity index (χ2n) is 6.74. The van der Waals surface area contributed by atoms with Gasteiger partial charge in [0.2, 0.25) is 5.91 Å². The van der Waals surface area contributed by atoms with E-state index in [0.717, 1.165) is 10.8 Å². The maximum absolute atomic E-state index is 12.3. The second kappa shape index (κ2) is 5.68. The third-order valence-corrected chi connectivity index (χ3v) is 5.26. The molecule has 0 aromatic heterocycles. The number of aliphatic carboxylic acids is 1. The van der Waals surface area contributed by atoms with E-state index in [-0.39, 0.29) is 17.6 Å². The van der Waals surface area contributed by atoms with Crippen molar-refractivity contribution in [2.24, 2.45) is 5.92 Å². The zero-order chi connectivity index (χ0) is 18.6. The van der Waals surface area contributed by atoms with Crippen LogP contribution in [0.1, 0.15) is 24.5 Å². The summed E-state index contributed by atoms with van der Waals surface area (Å²) in [5.74, 6) is -2.12. The van der Waals surface area contributed by atoms with E-state index < -0.39 is 18.0 Å². The molecule has 0 unspecified atom stereocenters. The van der Waals surface area contributed by atoms with Gasteiger partial charge in [-0.3, -0.25) is 4.79 Å². The van der Waals surface area contributed by atoms with Crippen LogP contribution in [0.5, 0.6) is 0 Å². The van der Waals surface area contributed by atoms with Crippen molar-refractivity contribution in [3.05, 3.63) is 53.2 Å². The number of nitrogens with zero attached hydrogens (tertiary/aromatic N) is 2. The molecule has 1 fully saturated rings. The molecular weight excluding hydrogens is 332 g/mol. The molecule has 2 aliphatic rings. The number of carboxylic acid groups (broad SMARTS) is 1. The number of fused-ring (bicyclic) bond motifs is 2. The molecule has 26 heavy (non-hydrogen) atoms. The number of hydrogen-bond acceptors (Lipinski definition) is 4. The summed E-state index contributed by atoms with van der Waals surface area (Å²) in [6, 6.07) is 12.8. The monoisotopic (exact) mass is 348 g/mol. The molecular formula is C20H16N2O4. The highest BCUT2D eigenvalue weighted by atomic mass is 16.4. The lowest BCUT2D eigenvalue weighted by Crippen LogP contribution is -2.61. The summed E-state index contributed by atoms with van der Waals surface area (Å²) in [4.78, 5) is 25.4. The summed E-state index contributed by atoms with van der Waals surface area (Å²) in [6.45, 7) is 1.54. The Hall–Kier alpha value is -3.17. The molecule has 0 bridgehead atoms. The third kappa shape index (κ3) is 2.14. The van der Waals surface area contributed by atoms with Gasteiger partial charge in [0.15, 0.2) is 0 Å². The van der Waals surface area contributed by atoms with E-state index >= 15 is 0 Å². The van der Waals surface area contributed by atoms with Crippen LogP contribution in [0.15, 0.2) is 42.1 Å². The molecule has 2 aromatic carbocycles. The Kier molecular flexibility index (Phi) is 3.56. The van der Waals surface area contributed by atoms with Crippen molar-refractivity contribution in [1.29, 1.82) is 5.26 Å². The summed E-state index contributed by atoms with van der Waals surface area (Å²) in [7, 11) is 0. The largest absolute Gasteiger partial charge is 0.477 e. The molecule has 6 heteroatoms. The van der Waals surface area contributed by atoms with Gasteiger partial charge in [0.1, 0.15) is 5.70 Å². The average molecular weight is 348 g/mol. The Balaban J connectivity index is 1.88. The maximum atomic E-state index is 12.3. The zero-order valence-electron chi connectivity index (χ0n) is 14.0. The first-order valence-electron chi connectivity index (χ1n) is 8.35. The van der Waals surface area contributed by atoms with Gasteiger partial charge < -0.3 is 15.1 Å². The summed E-state index contributed by atoms with van der Waals surface area (Å²) >= 11 is 0. The van der Waals surface area contributed by atoms with E-state index in [9.17, 15) is 25.1 Å². The van der Waals surface area contributed by atoms with E-state index in [1.807, 2.05) is 30.3 Å². The van der Waals surface area contributed by atoms with Gasteiger partial charge in [0.05, 0.1) is 29.7 Å². The topological polar surface area (TPSA) is 102 Å². The molecule has 2 N–H and O–H groups in total. The second-order valence-corrected chi connectivity index (χ2v) is 6.74. The highest BCUT2D eigenvalue weighted by Gasteiger charge is 2.56. The van der Waals surface area contributed by atoms with Gasteiger partial charge >= 0.3 is 5.97 Å². The first-order valence-corrected chi connectivity index (χ1v) is 8.35. The van der Waals surface area contributed by atoms with Crippen molar-refractivity contribution < 1.29 is 19.8 Å². The number of benzene rings is 2. The molecule has 2 aromatic rings. The molecule has 0 spiro atoms. The first kappa shape index (κ1) is 16.3. The smallest absolute Gasteiger partial charge is 0.352 e. The van der Waals surface area contributed by atoms with Gasteiger partial charge in [-0.25, -0.2) is 4.79 Å². The van der Waals surface area contributed by atoms with E-state index in [1.165, 1.54) is 4.90 Å². The van der Waals surface area contributed by atoms with Crippen LogP contribution >= 0.6 is 0 Å². The minimum absolute atomic E-state index is 0.0453. The fourth-order valence-electron chi connectivity index (χ4n) is 4.10.